The monoisotopic (exact) mass is 264 g/mol. The summed E-state index contributed by atoms with van der Waals surface area (Å²) in [6, 6.07) is 0. The van der Waals surface area contributed by atoms with Gasteiger partial charge in [0.05, 0.1) is 13.2 Å². The van der Waals surface area contributed by atoms with Gasteiger partial charge in [-0.2, -0.15) is 0 Å². The molecule has 1 unspecified atom stereocenters. The lowest BCUT2D eigenvalue weighted by Crippen LogP contribution is -2.45. The van der Waals surface area contributed by atoms with E-state index in [-0.39, 0.29) is 17.2 Å². The van der Waals surface area contributed by atoms with Crippen molar-refractivity contribution in [3.63, 3.8) is 0 Å². The lowest BCUT2D eigenvalue weighted by Gasteiger charge is -2.38. The van der Waals surface area contributed by atoms with Crippen LogP contribution in [0.15, 0.2) is 0 Å². The Morgan fingerprint density at radius 3 is 2.53 bits per heavy atom. The van der Waals surface area contributed by atoms with Gasteiger partial charge in [-0.05, 0) is 30.1 Å². The summed E-state index contributed by atoms with van der Waals surface area (Å²) >= 11 is 0. The maximum Gasteiger partial charge on any atom is 0.226 e. The zero-order valence-electron chi connectivity index (χ0n) is 11.1. The number of carbonyl (C=O) groups excluding carboxylic acids is 2. The van der Waals surface area contributed by atoms with Gasteiger partial charge in [-0.1, -0.05) is 0 Å². The second-order valence-corrected chi connectivity index (χ2v) is 6.67. The van der Waals surface area contributed by atoms with Gasteiger partial charge in [-0.15, -0.1) is 0 Å². The molecule has 2 amide bonds. The molecule has 0 aromatic rings. The zero-order chi connectivity index (χ0) is 13.0. The van der Waals surface area contributed by atoms with E-state index in [1.807, 2.05) is 4.90 Å². The zero-order valence-corrected chi connectivity index (χ0v) is 11.1. The minimum atomic E-state index is 0.135. The lowest BCUT2D eigenvalue weighted by molar-refractivity contribution is -0.136. The molecule has 0 aromatic carbocycles. The van der Waals surface area contributed by atoms with Crippen LogP contribution in [0.25, 0.3) is 0 Å². The Labute approximate surface area is 112 Å². The average molecular weight is 264 g/mol. The molecule has 4 fully saturated rings. The number of piperidine rings is 1. The molecule has 3 aliphatic heterocycles. The fraction of sp³-hybridized carbons (Fsp3) is 0.857. The van der Waals surface area contributed by atoms with Crippen molar-refractivity contribution in [2.75, 3.05) is 32.8 Å². The molecule has 4 rings (SSSR count). The first-order valence-electron chi connectivity index (χ1n) is 7.32. The van der Waals surface area contributed by atoms with Crippen LogP contribution < -0.4 is 5.32 Å². The number of hydrogen-bond donors (Lipinski definition) is 1. The van der Waals surface area contributed by atoms with Gasteiger partial charge < -0.3 is 15.0 Å². The summed E-state index contributed by atoms with van der Waals surface area (Å²) in [5.41, 5.74) is 0.135. The Bertz CT molecular complexity index is 418. The first kappa shape index (κ1) is 11.7. The largest absolute Gasteiger partial charge is 0.381 e. The van der Waals surface area contributed by atoms with Crippen molar-refractivity contribution in [1.82, 2.24) is 10.2 Å². The molecule has 5 nitrogen and oxygen atoms in total. The number of nitrogens with zero attached hydrogens (tertiary/aromatic N) is 1. The van der Waals surface area contributed by atoms with Crippen LogP contribution in [0.3, 0.4) is 0 Å². The summed E-state index contributed by atoms with van der Waals surface area (Å²) in [5.74, 6) is 1.75. The van der Waals surface area contributed by atoms with Gasteiger partial charge in [0, 0.05) is 32.0 Å². The fourth-order valence-corrected chi connectivity index (χ4v) is 4.12. The third kappa shape index (κ3) is 1.78. The van der Waals surface area contributed by atoms with Crippen LogP contribution in [0.4, 0.5) is 0 Å². The van der Waals surface area contributed by atoms with Crippen LogP contribution in [0.2, 0.25) is 0 Å². The third-order valence-electron chi connectivity index (χ3n) is 5.57. The van der Waals surface area contributed by atoms with Crippen LogP contribution in [0.5, 0.6) is 0 Å². The van der Waals surface area contributed by atoms with E-state index in [0.717, 1.165) is 45.7 Å². The molecule has 4 aliphatic rings. The smallest absolute Gasteiger partial charge is 0.226 e. The Kier molecular flexibility index (Phi) is 2.43. The fourth-order valence-electron chi connectivity index (χ4n) is 4.12. The number of fused-ring (bicyclic) bond motifs is 1. The number of nitrogens with one attached hydrogen (secondary N) is 1. The van der Waals surface area contributed by atoms with E-state index >= 15 is 0 Å². The minimum Gasteiger partial charge on any atom is -0.381 e. The highest BCUT2D eigenvalue weighted by Crippen LogP contribution is 2.52. The second kappa shape index (κ2) is 3.95. The van der Waals surface area contributed by atoms with Crippen molar-refractivity contribution in [3.05, 3.63) is 0 Å². The molecule has 3 heterocycles. The molecule has 3 atom stereocenters. The quantitative estimate of drug-likeness (QED) is 0.725. The predicted molar refractivity (Wildman–Crippen MR) is 67.2 cm³/mol. The molecule has 0 radical (unpaired) electrons. The summed E-state index contributed by atoms with van der Waals surface area (Å²) in [4.78, 5) is 25.8. The first-order chi connectivity index (χ1) is 9.19. The molecule has 0 aromatic heterocycles. The van der Waals surface area contributed by atoms with E-state index < -0.39 is 0 Å². The van der Waals surface area contributed by atoms with E-state index in [2.05, 4.69) is 5.32 Å². The molecule has 3 saturated heterocycles. The maximum absolute atomic E-state index is 12.4. The number of likely N-dealkylation sites (tertiary alicyclic amines) is 1. The summed E-state index contributed by atoms with van der Waals surface area (Å²) in [5, 5.41) is 2.93. The number of carbonyl (C=O) groups is 2. The Morgan fingerprint density at radius 2 is 1.95 bits per heavy atom. The average Bonchev–Trinajstić information content (AvgIpc) is 2.75. The van der Waals surface area contributed by atoms with Gasteiger partial charge in [0.15, 0.2) is 0 Å². The van der Waals surface area contributed by atoms with E-state index in [4.69, 9.17) is 4.74 Å². The van der Waals surface area contributed by atoms with Crippen LogP contribution in [-0.2, 0) is 14.3 Å². The Morgan fingerprint density at radius 1 is 1.26 bits per heavy atom. The van der Waals surface area contributed by atoms with E-state index in [9.17, 15) is 9.59 Å². The van der Waals surface area contributed by atoms with Crippen molar-refractivity contribution in [2.45, 2.75) is 19.3 Å². The van der Waals surface area contributed by atoms with E-state index in [1.165, 1.54) is 0 Å². The molecule has 0 bridgehead atoms. The summed E-state index contributed by atoms with van der Waals surface area (Å²) in [6.07, 6.45) is 2.59. The molecule has 19 heavy (non-hydrogen) atoms. The highest BCUT2D eigenvalue weighted by molar-refractivity contribution is 5.83. The molecule has 5 heteroatoms. The highest BCUT2D eigenvalue weighted by Gasteiger charge is 2.59. The molecule has 104 valence electrons. The van der Waals surface area contributed by atoms with E-state index in [1.54, 1.807) is 0 Å². The van der Waals surface area contributed by atoms with Gasteiger partial charge in [-0.25, -0.2) is 0 Å². The topological polar surface area (TPSA) is 58.6 Å². The van der Waals surface area contributed by atoms with Crippen LogP contribution >= 0.6 is 0 Å². The number of hydrogen-bond acceptors (Lipinski definition) is 3. The number of ether oxygens (including phenoxy) is 1. The summed E-state index contributed by atoms with van der Waals surface area (Å²) in [7, 11) is 0. The SMILES string of the molecule is O=C1CC2(CCN(C(=O)C3[C@H]4COC[C@@H]34)CC2)CN1. The molecule has 1 saturated carbocycles. The van der Waals surface area contributed by atoms with Gasteiger partial charge in [0.25, 0.3) is 0 Å². The second-order valence-electron chi connectivity index (χ2n) is 6.67. The predicted octanol–water partition coefficient (Wildman–Crippen LogP) is 0.00750. The third-order valence-corrected chi connectivity index (χ3v) is 5.57. The number of rotatable bonds is 1. The number of amides is 2. The Hall–Kier alpha value is -1.10. The standard InChI is InChI=1S/C14H20N2O3/c17-11-5-14(8-15-11)1-3-16(4-2-14)13(18)12-9-6-19-7-10(9)12/h9-10,12H,1-8H2,(H,15,17)/t9-,10+,12?. The van der Waals surface area contributed by atoms with Crippen LogP contribution in [-0.4, -0.2) is 49.6 Å². The van der Waals surface area contributed by atoms with Crippen molar-refractivity contribution in [1.29, 1.82) is 0 Å². The summed E-state index contributed by atoms with van der Waals surface area (Å²) < 4.78 is 5.35. The molecule has 1 aliphatic carbocycles. The van der Waals surface area contributed by atoms with Gasteiger partial charge in [-0.3, -0.25) is 9.59 Å². The van der Waals surface area contributed by atoms with Crippen molar-refractivity contribution in [2.24, 2.45) is 23.2 Å². The van der Waals surface area contributed by atoms with Crippen LogP contribution in [0, 0.1) is 23.2 Å². The van der Waals surface area contributed by atoms with Crippen molar-refractivity contribution in [3.8, 4) is 0 Å². The molecular formula is C14H20N2O3. The van der Waals surface area contributed by atoms with Gasteiger partial charge >= 0.3 is 0 Å². The van der Waals surface area contributed by atoms with Gasteiger partial charge in [0.1, 0.15) is 0 Å². The van der Waals surface area contributed by atoms with Crippen molar-refractivity contribution >= 4 is 11.8 Å². The van der Waals surface area contributed by atoms with Crippen LogP contribution in [0.1, 0.15) is 19.3 Å². The van der Waals surface area contributed by atoms with Gasteiger partial charge in [0.2, 0.25) is 11.8 Å². The minimum absolute atomic E-state index is 0.135. The molecule has 1 N–H and O–H groups in total. The lowest BCUT2D eigenvalue weighted by atomic mass is 9.77. The van der Waals surface area contributed by atoms with E-state index in [0.29, 0.717) is 24.2 Å². The molecular weight excluding hydrogens is 244 g/mol. The summed E-state index contributed by atoms with van der Waals surface area (Å²) in [6.45, 7) is 4.00. The Balaban J connectivity index is 1.36. The molecule has 1 spiro atoms. The van der Waals surface area contributed by atoms with Crippen molar-refractivity contribution < 1.29 is 14.3 Å². The maximum atomic E-state index is 12.4. The first-order valence-corrected chi connectivity index (χ1v) is 7.32. The highest BCUT2D eigenvalue weighted by atomic mass is 16.5. The normalized spacial score (nSPS) is 39.3.